The van der Waals surface area contributed by atoms with E-state index in [4.69, 9.17) is 10.5 Å². The number of nitrogens with one attached hydrogen (secondary N) is 1. The third kappa shape index (κ3) is 2.35. The monoisotopic (exact) mass is 416 g/mol. The van der Waals surface area contributed by atoms with E-state index in [2.05, 4.69) is 4.37 Å². The molecule has 0 radical (unpaired) electrons. The third-order valence-corrected chi connectivity index (χ3v) is 7.68. The van der Waals surface area contributed by atoms with Gasteiger partial charge in [-0.15, -0.1) is 0 Å². The highest BCUT2D eigenvalue weighted by Gasteiger charge is 2.50. The van der Waals surface area contributed by atoms with Crippen LogP contribution in [0, 0.1) is 11.7 Å². The Morgan fingerprint density at radius 1 is 1.31 bits per heavy atom. The summed E-state index contributed by atoms with van der Waals surface area (Å²) >= 11 is 1.18. The zero-order valence-electron chi connectivity index (χ0n) is 15.7. The molecule has 1 aromatic carbocycles. The molecule has 2 unspecified atom stereocenters. The molecule has 3 aromatic rings. The topological polar surface area (TPSA) is 93.4 Å². The summed E-state index contributed by atoms with van der Waals surface area (Å²) in [5.74, 6) is -0.166. The number of nitrogens with zero attached hydrogens (tertiary/aromatic N) is 2. The molecule has 3 fully saturated rings. The molecular weight excluding hydrogens is 395 g/mol. The second kappa shape index (κ2) is 5.90. The van der Waals surface area contributed by atoms with E-state index in [9.17, 15) is 9.59 Å². The van der Waals surface area contributed by atoms with Crippen LogP contribution in [-0.4, -0.2) is 40.8 Å². The van der Waals surface area contributed by atoms with Gasteiger partial charge in [0.15, 0.2) is 0 Å². The number of H-pyrrole nitrogens is 1. The lowest BCUT2D eigenvalue weighted by molar-refractivity contribution is 0.0126. The molecule has 1 saturated carbocycles. The second-order valence-electron chi connectivity index (χ2n) is 8.45. The van der Waals surface area contributed by atoms with Crippen molar-refractivity contribution in [2.75, 3.05) is 31.1 Å². The Bertz CT molecular complexity index is 1280. The summed E-state index contributed by atoms with van der Waals surface area (Å²) in [6.45, 7) is 2.34. The fraction of sp³-hybridized carbons (Fsp3) is 0.500. The summed E-state index contributed by atoms with van der Waals surface area (Å²) in [6.07, 6.45) is 2.90. The fourth-order valence-corrected chi connectivity index (χ4v) is 6.05. The van der Waals surface area contributed by atoms with Gasteiger partial charge in [0.2, 0.25) is 5.43 Å². The van der Waals surface area contributed by atoms with E-state index in [-0.39, 0.29) is 22.7 Å². The normalized spacial score (nSPS) is 26.7. The molecule has 6 rings (SSSR count). The molecule has 9 heteroatoms. The first-order valence-corrected chi connectivity index (χ1v) is 10.8. The van der Waals surface area contributed by atoms with E-state index in [1.165, 1.54) is 17.6 Å². The maximum atomic E-state index is 15.2. The van der Waals surface area contributed by atoms with Gasteiger partial charge < -0.3 is 19.9 Å². The molecule has 2 aliphatic heterocycles. The van der Waals surface area contributed by atoms with Gasteiger partial charge >= 0.3 is 0 Å². The Morgan fingerprint density at radius 2 is 2.14 bits per heavy atom. The summed E-state index contributed by atoms with van der Waals surface area (Å²) in [6, 6.07) is 3.31. The van der Waals surface area contributed by atoms with Crippen LogP contribution >= 0.6 is 11.5 Å². The fourth-order valence-electron chi connectivity index (χ4n) is 5.12. The van der Waals surface area contributed by atoms with Crippen LogP contribution in [0.3, 0.4) is 0 Å². The summed E-state index contributed by atoms with van der Waals surface area (Å²) in [4.78, 5) is 27.8. The smallest absolute Gasteiger partial charge is 0.271 e. The number of anilines is 1. The number of rotatable bonds is 3. The number of fused-ring (bicyclic) bond motifs is 3. The highest BCUT2D eigenvalue weighted by molar-refractivity contribution is 7.12. The molecule has 2 aromatic heterocycles. The zero-order valence-corrected chi connectivity index (χ0v) is 16.6. The van der Waals surface area contributed by atoms with Crippen molar-refractivity contribution < 1.29 is 9.13 Å². The first kappa shape index (κ1) is 17.6. The number of hydrogen-bond donors (Lipinski definition) is 2. The van der Waals surface area contributed by atoms with Gasteiger partial charge in [-0.3, -0.25) is 14.0 Å². The van der Waals surface area contributed by atoms with Crippen LogP contribution in [0.15, 0.2) is 21.7 Å². The Labute approximate surface area is 169 Å². The molecule has 3 aliphatic rings. The minimum absolute atomic E-state index is 0.132. The van der Waals surface area contributed by atoms with Crippen LogP contribution in [0.25, 0.3) is 21.1 Å². The lowest BCUT2D eigenvalue weighted by Gasteiger charge is -2.27. The molecule has 4 heterocycles. The van der Waals surface area contributed by atoms with Crippen LogP contribution in [0.2, 0.25) is 0 Å². The summed E-state index contributed by atoms with van der Waals surface area (Å²) in [5.41, 5.74) is 5.96. The SMILES string of the molecule is NCC12CN(c3cc4c(cc3F)c(=O)c3c(=O)[nH]sc3n4C3CC3)CC1CCO2. The number of pyridine rings is 1. The predicted molar refractivity (Wildman–Crippen MR) is 110 cm³/mol. The number of hydrogen-bond acceptors (Lipinski definition) is 6. The average molecular weight is 416 g/mol. The summed E-state index contributed by atoms with van der Waals surface area (Å²) in [7, 11) is 0. The van der Waals surface area contributed by atoms with Gasteiger partial charge in [-0.1, -0.05) is 0 Å². The molecule has 0 amide bonds. The largest absolute Gasteiger partial charge is 0.371 e. The molecule has 152 valence electrons. The molecule has 29 heavy (non-hydrogen) atoms. The van der Waals surface area contributed by atoms with Crippen LogP contribution < -0.4 is 21.6 Å². The molecule has 2 atom stereocenters. The molecule has 7 nitrogen and oxygen atoms in total. The molecule has 3 N–H and O–H groups in total. The maximum Gasteiger partial charge on any atom is 0.271 e. The van der Waals surface area contributed by atoms with Gasteiger partial charge in [-0.05, 0) is 42.9 Å². The predicted octanol–water partition coefficient (Wildman–Crippen LogP) is 1.93. The van der Waals surface area contributed by atoms with Crippen molar-refractivity contribution in [2.45, 2.75) is 30.9 Å². The summed E-state index contributed by atoms with van der Waals surface area (Å²) < 4.78 is 25.9. The van der Waals surface area contributed by atoms with E-state index < -0.39 is 22.4 Å². The van der Waals surface area contributed by atoms with Crippen molar-refractivity contribution >= 4 is 38.3 Å². The maximum absolute atomic E-state index is 15.2. The zero-order chi connectivity index (χ0) is 19.9. The third-order valence-electron chi connectivity index (χ3n) is 6.79. The minimum atomic E-state index is -0.449. The number of aromatic nitrogens is 2. The first-order valence-electron chi connectivity index (χ1n) is 10.0. The Kier molecular flexibility index (Phi) is 3.58. The van der Waals surface area contributed by atoms with Crippen molar-refractivity contribution in [2.24, 2.45) is 11.7 Å². The van der Waals surface area contributed by atoms with Crippen LogP contribution in [0.4, 0.5) is 10.1 Å². The van der Waals surface area contributed by atoms with Crippen molar-refractivity contribution in [3.63, 3.8) is 0 Å². The van der Waals surface area contributed by atoms with Crippen molar-refractivity contribution in [1.82, 2.24) is 8.94 Å². The number of ether oxygens (including phenoxy) is 1. The molecular formula is C20H21FN4O3S. The molecule has 0 spiro atoms. The summed E-state index contributed by atoms with van der Waals surface area (Å²) in [5, 5.41) is 0.395. The van der Waals surface area contributed by atoms with Gasteiger partial charge in [0.25, 0.3) is 5.56 Å². The Morgan fingerprint density at radius 3 is 2.86 bits per heavy atom. The highest BCUT2D eigenvalue weighted by atomic mass is 32.1. The Hall–Kier alpha value is -2.23. The number of aromatic amines is 1. The van der Waals surface area contributed by atoms with Gasteiger partial charge in [0.1, 0.15) is 21.6 Å². The highest BCUT2D eigenvalue weighted by Crippen LogP contribution is 2.43. The van der Waals surface area contributed by atoms with Crippen LogP contribution in [0.5, 0.6) is 0 Å². The Balaban J connectivity index is 1.58. The van der Waals surface area contributed by atoms with Crippen LogP contribution in [-0.2, 0) is 4.74 Å². The standard InChI is InChI=1S/C20H21FN4O3S/c21-13-5-12-14(6-15(13)24-7-10-3-4-28-20(10,8-22)9-24)25(11-1-2-11)19-16(17(12)26)18(27)23-29-19/h5-6,10-11H,1-4,7-9,22H2,(H,23,27). The molecule has 1 aliphatic carbocycles. The lowest BCUT2D eigenvalue weighted by Crippen LogP contribution is -2.44. The van der Waals surface area contributed by atoms with Gasteiger partial charge in [-0.2, -0.15) is 0 Å². The number of benzene rings is 1. The number of nitrogens with two attached hydrogens (primary N) is 1. The van der Waals surface area contributed by atoms with E-state index in [1.807, 2.05) is 9.47 Å². The quantitative estimate of drug-likeness (QED) is 0.681. The minimum Gasteiger partial charge on any atom is -0.371 e. The van der Waals surface area contributed by atoms with E-state index >= 15 is 4.39 Å². The molecule has 2 saturated heterocycles. The average Bonchev–Trinajstić information content (AvgIpc) is 3.19. The van der Waals surface area contributed by atoms with E-state index in [0.29, 0.717) is 42.3 Å². The van der Waals surface area contributed by atoms with Gasteiger partial charge in [-0.25, -0.2) is 4.39 Å². The van der Waals surface area contributed by atoms with Crippen molar-refractivity contribution in [3.05, 3.63) is 38.5 Å². The van der Waals surface area contributed by atoms with Crippen LogP contribution in [0.1, 0.15) is 25.3 Å². The van der Waals surface area contributed by atoms with Crippen molar-refractivity contribution in [3.8, 4) is 0 Å². The van der Waals surface area contributed by atoms with E-state index in [1.54, 1.807) is 6.07 Å². The van der Waals surface area contributed by atoms with Crippen molar-refractivity contribution in [1.29, 1.82) is 0 Å². The first-order chi connectivity index (χ1) is 14.0. The van der Waals surface area contributed by atoms with Gasteiger partial charge in [0.05, 0.1) is 11.2 Å². The van der Waals surface area contributed by atoms with E-state index in [0.717, 1.165) is 19.3 Å². The molecule has 0 bridgehead atoms. The lowest BCUT2D eigenvalue weighted by atomic mass is 9.91. The number of halogens is 1. The van der Waals surface area contributed by atoms with Gasteiger partial charge in [0, 0.05) is 43.6 Å². The second-order valence-corrected chi connectivity index (χ2v) is 9.24.